The van der Waals surface area contributed by atoms with Crippen LogP contribution in [0.3, 0.4) is 0 Å². The van der Waals surface area contributed by atoms with Crippen molar-refractivity contribution in [3.63, 3.8) is 0 Å². The summed E-state index contributed by atoms with van der Waals surface area (Å²) in [5, 5.41) is 18.9. The van der Waals surface area contributed by atoms with Gasteiger partial charge in [-0.1, -0.05) is 25.9 Å². The first-order valence-electron chi connectivity index (χ1n) is 12.4. The van der Waals surface area contributed by atoms with E-state index >= 15 is 0 Å². The number of nitrogens with zero attached hydrogens (tertiary/aromatic N) is 4. The monoisotopic (exact) mass is 567 g/mol. The normalized spacial score (nSPS) is 33.8. The zero-order valence-corrected chi connectivity index (χ0v) is 22.9. The van der Waals surface area contributed by atoms with Crippen molar-refractivity contribution in [2.24, 2.45) is 34.2 Å². The Balaban J connectivity index is 1.63. The minimum absolute atomic E-state index is 0.0131. The Hall–Kier alpha value is -1.91. The minimum Gasteiger partial charge on any atom is -0.495 e. The van der Waals surface area contributed by atoms with Crippen LogP contribution in [-0.2, 0) is 16.2 Å². The molecular formula is C25H35BrFN5O4. The topological polar surface area (TPSA) is 120 Å². The largest absolute Gasteiger partial charge is 0.495 e. The van der Waals surface area contributed by atoms with Crippen LogP contribution in [0, 0.1) is 34.9 Å². The fraction of sp³-hybridized carbons (Fsp3) is 0.720. The van der Waals surface area contributed by atoms with E-state index in [2.05, 4.69) is 52.0 Å². The molecule has 0 aromatic heterocycles. The molecule has 3 saturated carbocycles. The van der Waals surface area contributed by atoms with Crippen molar-refractivity contribution >= 4 is 21.8 Å². The summed E-state index contributed by atoms with van der Waals surface area (Å²) in [4.78, 5) is 22.7. The van der Waals surface area contributed by atoms with E-state index in [0.29, 0.717) is 28.0 Å². The number of fused-ring (bicyclic) bond motifs is 2. The van der Waals surface area contributed by atoms with Gasteiger partial charge in [0, 0.05) is 22.4 Å². The molecule has 2 N–H and O–H groups in total. The number of carbonyl (C=O) groups is 1. The van der Waals surface area contributed by atoms with E-state index in [0.717, 1.165) is 6.42 Å². The summed E-state index contributed by atoms with van der Waals surface area (Å²) in [6.07, 6.45) is 0.412. The number of hydroxylamine groups is 2. The van der Waals surface area contributed by atoms with Crippen molar-refractivity contribution in [2.45, 2.75) is 71.4 Å². The second-order valence-electron chi connectivity index (χ2n) is 11.0. The van der Waals surface area contributed by atoms with Crippen LogP contribution >= 0.6 is 15.9 Å². The fourth-order valence-electron chi connectivity index (χ4n) is 6.70. The molecule has 1 saturated heterocycles. The van der Waals surface area contributed by atoms with Crippen molar-refractivity contribution in [1.29, 1.82) is 0 Å². The molecular weight excluding hydrogens is 533 g/mol. The average molecular weight is 568 g/mol. The Bertz CT molecular complexity index is 1050. The number of amides is 1. The van der Waals surface area contributed by atoms with Crippen LogP contribution in [0.25, 0.3) is 10.4 Å². The van der Waals surface area contributed by atoms with Gasteiger partial charge in [0.05, 0.1) is 36.9 Å². The molecule has 9 nitrogen and oxygen atoms in total. The number of ether oxygens (including phenoxy) is 1. The second kappa shape index (κ2) is 10.5. The van der Waals surface area contributed by atoms with Crippen molar-refractivity contribution in [2.75, 3.05) is 13.7 Å². The number of nitrogens with one attached hydrogen (secondary N) is 1. The number of aliphatic hydroxyl groups is 1. The predicted molar refractivity (Wildman–Crippen MR) is 135 cm³/mol. The average Bonchev–Trinajstić information content (AvgIpc) is 3.19. The molecule has 4 aliphatic rings. The molecule has 0 unspecified atom stereocenters. The van der Waals surface area contributed by atoms with Crippen LogP contribution in [0.2, 0.25) is 0 Å². The van der Waals surface area contributed by atoms with E-state index in [1.807, 2.05) is 0 Å². The summed E-state index contributed by atoms with van der Waals surface area (Å²) in [6, 6.07) is 1.96. The number of rotatable bonds is 8. The summed E-state index contributed by atoms with van der Waals surface area (Å²) in [5.41, 5.74) is 9.35. The van der Waals surface area contributed by atoms with Crippen molar-refractivity contribution in [3.05, 3.63) is 38.4 Å². The van der Waals surface area contributed by atoms with Gasteiger partial charge in [-0.05, 0) is 76.5 Å². The summed E-state index contributed by atoms with van der Waals surface area (Å²) < 4.78 is 20.9. The first-order valence-corrected chi connectivity index (χ1v) is 13.2. The Morgan fingerprint density at radius 2 is 2.19 bits per heavy atom. The number of aliphatic hydroxyl groups excluding tert-OH is 1. The van der Waals surface area contributed by atoms with E-state index in [1.54, 1.807) is 13.0 Å². The summed E-state index contributed by atoms with van der Waals surface area (Å²) in [7, 11) is 1.44. The maximum Gasteiger partial charge on any atom is 0.240 e. The smallest absolute Gasteiger partial charge is 0.240 e. The van der Waals surface area contributed by atoms with E-state index in [4.69, 9.17) is 15.1 Å². The van der Waals surface area contributed by atoms with Gasteiger partial charge in [-0.15, -0.1) is 0 Å². The second-order valence-corrected chi connectivity index (χ2v) is 11.9. The number of methoxy groups -OCH3 is 1. The molecule has 1 heterocycles. The molecule has 3 aliphatic carbocycles. The van der Waals surface area contributed by atoms with E-state index in [9.17, 15) is 14.3 Å². The Kier molecular flexibility index (Phi) is 7.88. The molecule has 2 bridgehead atoms. The molecule has 0 radical (unpaired) electrons. The SMILES string of the molecule is COc1c(Br)ccc(F)c1CN1O[C@@H](CN=[N+]=[N-])[C@@H]([C@H](C)O)[C@H]1C(=O)N[C@H]1C[C@H]2C[C@@H]([C@@H]1C)C2(C)C. The third kappa shape index (κ3) is 4.72. The van der Waals surface area contributed by atoms with Gasteiger partial charge in [-0.3, -0.25) is 9.63 Å². The molecule has 8 atom stereocenters. The van der Waals surface area contributed by atoms with Gasteiger partial charge < -0.3 is 15.2 Å². The molecule has 4 fully saturated rings. The highest BCUT2D eigenvalue weighted by atomic mass is 79.9. The highest BCUT2D eigenvalue weighted by Gasteiger charge is 2.57. The van der Waals surface area contributed by atoms with Crippen LogP contribution in [-0.4, -0.2) is 54.0 Å². The quantitative estimate of drug-likeness (QED) is 0.271. The number of azide groups is 1. The number of benzene rings is 1. The van der Waals surface area contributed by atoms with Crippen LogP contribution < -0.4 is 10.1 Å². The van der Waals surface area contributed by atoms with Crippen LogP contribution in [0.5, 0.6) is 5.75 Å². The summed E-state index contributed by atoms with van der Waals surface area (Å²) in [5.74, 6) is 0.252. The molecule has 0 spiro atoms. The van der Waals surface area contributed by atoms with Gasteiger partial charge >= 0.3 is 0 Å². The third-order valence-corrected chi connectivity index (χ3v) is 9.51. The lowest BCUT2D eigenvalue weighted by Crippen LogP contribution is -2.62. The lowest BCUT2D eigenvalue weighted by atomic mass is 9.45. The van der Waals surface area contributed by atoms with Crippen LogP contribution in [0.1, 0.15) is 46.1 Å². The number of hydrogen-bond acceptors (Lipinski definition) is 6. The van der Waals surface area contributed by atoms with Crippen LogP contribution in [0.15, 0.2) is 21.7 Å². The lowest BCUT2D eigenvalue weighted by molar-refractivity contribution is -0.176. The Labute approximate surface area is 219 Å². The number of hydrogen-bond donors (Lipinski definition) is 2. The lowest BCUT2D eigenvalue weighted by Gasteiger charge is -2.62. The van der Waals surface area contributed by atoms with Crippen molar-refractivity contribution in [3.8, 4) is 5.75 Å². The standard InChI is InChI=1S/C25H35BrFN5O4/c1-12-16-8-14(25(16,3)4)9-19(12)30-24(34)22-21(13(2)33)20(10-29-31-28)36-32(22)11-15-18(27)7-6-17(26)23(15)35-5/h6-7,12-14,16,19-22,33H,8-11H2,1-5H3,(H,30,34)/t12-,13-,14+,16-,19-,20-,21+,22-/m0/s1. The van der Waals surface area contributed by atoms with Gasteiger partial charge in [-0.2, -0.15) is 5.06 Å². The fourth-order valence-corrected chi connectivity index (χ4v) is 7.23. The van der Waals surface area contributed by atoms with Crippen molar-refractivity contribution in [1.82, 2.24) is 10.4 Å². The Morgan fingerprint density at radius 3 is 2.78 bits per heavy atom. The molecule has 1 amide bonds. The van der Waals surface area contributed by atoms with Gasteiger partial charge in [-0.25, -0.2) is 4.39 Å². The number of carbonyl (C=O) groups excluding carboxylic acids is 1. The third-order valence-electron chi connectivity index (χ3n) is 8.88. The molecule has 198 valence electrons. The van der Waals surface area contributed by atoms with Gasteiger partial charge in [0.15, 0.2) is 0 Å². The minimum atomic E-state index is -0.935. The predicted octanol–water partition coefficient (Wildman–Crippen LogP) is 4.58. The zero-order valence-electron chi connectivity index (χ0n) is 21.3. The first kappa shape index (κ1) is 27.1. The maximum absolute atomic E-state index is 14.9. The van der Waals surface area contributed by atoms with Gasteiger partial charge in [0.2, 0.25) is 5.91 Å². The molecule has 1 aliphatic heterocycles. The zero-order chi connectivity index (χ0) is 26.4. The van der Waals surface area contributed by atoms with E-state index in [1.165, 1.54) is 24.7 Å². The maximum atomic E-state index is 14.9. The summed E-state index contributed by atoms with van der Waals surface area (Å²) in [6.45, 7) is 8.22. The number of halogens is 2. The van der Waals surface area contributed by atoms with Gasteiger partial charge in [0.1, 0.15) is 17.6 Å². The van der Waals surface area contributed by atoms with Crippen LogP contribution in [0.4, 0.5) is 4.39 Å². The highest BCUT2D eigenvalue weighted by molar-refractivity contribution is 9.10. The molecule has 5 rings (SSSR count). The van der Waals surface area contributed by atoms with E-state index < -0.39 is 30.0 Å². The highest BCUT2D eigenvalue weighted by Crippen LogP contribution is 2.61. The Morgan fingerprint density at radius 1 is 1.47 bits per heavy atom. The summed E-state index contributed by atoms with van der Waals surface area (Å²) >= 11 is 3.38. The molecule has 36 heavy (non-hydrogen) atoms. The molecule has 11 heteroatoms. The van der Waals surface area contributed by atoms with E-state index in [-0.39, 0.29) is 36.0 Å². The van der Waals surface area contributed by atoms with Gasteiger partial charge in [0.25, 0.3) is 0 Å². The van der Waals surface area contributed by atoms with Crippen molar-refractivity contribution < 1.29 is 23.9 Å². The first-order chi connectivity index (χ1) is 17.0. The molecule has 1 aromatic rings. The molecule has 1 aromatic carbocycles.